The summed E-state index contributed by atoms with van der Waals surface area (Å²) in [6.07, 6.45) is 2.81. The van der Waals surface area contributed by atoms with Crippen molar-refractivity contribution in [1.29, 1.82) is 0 Å². The van der Waals surface area contributed by atoms with Crippen LogP contribution in [0.1, 0.15) is 11.3 Å². The van der Waals surface area contributed by atoms with Crippen molar-refractivity contribution >= 4 is 47.8 Å². The van der Waals surface area contributed by atoms with E-state index in [4.69, 9.17) is 0 Å². The molecule has 0 unspecified atom stereocenters. The van der Waals surface area contributed by atoms with Crippen LogP contribution in [0.4, 0.5) is 0 Å². The van der Waals surface area contributed by atoms with E-state index in [1.54, 1.807) is 4.68 Å². The van der Waals surface area contributed by atoms with E-state index < -0.39 is 0 Å². The number of nitrogens with zero attached hydrogens (tertiary/aromatic N) is 3. The number of benzene rings is 1. The fraction of sp³-hybridized carbons (Fsp3) is 0.385. The summed E-state index contributed by atoms with van der Waals surface area (Å²) in [5.74, 6) is 0. The van der Waals surface area contributed by atoms with Gasteiger partial charge < -0.3 is 0 Å². The van der Waals surface area contributed by atoms with Gasteiger partial charge in [-0.2, -0.15) is 0 Å². The van der Waals surface area contributed by atoms with E-state index in [0.29, 0.717) is 0 Å². The van der Waals surface area contributed by atoms with Crippen LogP contribution in [0.2, 0.25) is 0 Å². The molecule has 0 radical (unpaired) electrons. The molecule has 3 nitrogen and oxygen atoms in total. The molecule has 1 aromatic heterocycles. The van der Waals surface area contributed by atoms with E-state index in [0.717, 1.165) is 27.2 Å². The highest BCUT2D eigenvalue weighted by Crippen LogP contribution is 2.33. The molecule has 0 saturated carbocycles. The lowest BCUT2D eigenvalue weighted by Gasteiger charge is -2.30. The zero-order valence-electron chi connectivity index (χ0n) is 10.5. The second kappa shape index (κ2) is 6.50. The largest absolute Gasteiger partial charge is 0.255 e. The number of hydrogen-bond acceptors (Lipinski definition) is 2. The van der Waals surface area contributed by atoms with Crippen molar-refractivity contribution in [3.05, 3.63) is 46.2 Å². The Hall–Kier alpha value is -0.200. The first-order chi connectivity index (χ1) is 9.09. The Morgan fingerprint density at radius 1 is 1.26 bits per heavy atom. The molecule has 2 aromatic rings. The lowest BCUT2D eigenvalue weighted by atomic mass is 9.80. The van der Waals surface area contributed by atoms with Gasteiger partial charge >= 0.3 is 0 Å². The van der Waals surface area contributed by atoms with E-state index in [1.165, 1.54) is 5.56 Å². The van der Waals surface area contributed by atoms with E-state index in [1.807, 2.05) is 19.3 Å². The number of hydrogen-bond donors (Lipinski definition) is 0. The van der Waals surface area contributed by atoms with Crippen LogP contribution < -0.4 is 0 Å². The number of rotatable bonds is 5. The fourth-order valence-corrected chi connectivity index (χ4v) is 4.40. The maximum atomic E-state index is 4.20. The molecule has 0 aliphatic carbocycles. The summed E-state index contributed by atoms with van der Waals surface area (Å²) in [4.78, 5) is 0. The Bertz CT molecular complexity index is 550. The first kappa shape index (κ1) is 15.2. The maximum Gasteiger partial charge on any atom is 0.0836 e. The monoisotopic (exact) mass is 449 g/mol. The minimum absolute atomic E-state index is 0.0280. The van der Waals surface area contributed by atoms with Gasteiger partial charge in [0.2, 0.25) is 0 Å². The molecule has 0 aliphatic rings. The zero-order valence-corrected chi connectivity index (χ0v) is 15.2. The minimum Gasteiger partial charge on any atom is -0.255 e. The number of aromatic nitrogens is 3. The summed E-state index contributed by atoms with van der Waals surface area (Å²) in [6, 6.07) is 8.43. The van der Waals surface area contributed by atoms with Gasteiger partial charge in [0, 0.05) is 40.2 Å². The predicted octanol–water partition coefficient (Wildman–Crippen LogP) is 3.85. The molecule has 19 heavy (non-hydrogen) atoms. The van der Waals surface area contributed by atoms with Crippen LogP contribution in [0.25, 0.3) is 0 Å². The zero-order chi connectivity index (χ0) is 13.9. The number of alkyl halides is 2. The highest BCUT2D eigenvalue weighted by molar-refractivity contribution is 9.10. The molecule has 0 amide bonds. The first-order valence-corrected chi connectivity index (χ1v) is 8.86. The standard InChI is InChI=1S/C13H14Br3N3/c1-19-7-12(17-18-19)6-13(8-14,9-15)10-3-2-4-11(16)5-10/h2-5,7H,6,8-9H2,1H3. The molecule has 0 bridgehead atoms. The van der Waals surface area contributed by atoms with Gasteiger partial charge in [0.1, 0.15) is 0 Å². The Balaban J connectivity index is 2.37. The van der Waals surface area contributed by atoms with Gasteiger partial charge in [-0.15, -0.1) is 5.10 Å². The van der Waals surface area contributed by atoms with Crippen molar-refractivity contribution in [3.63, 3.8) is 0 Å². The van der Waals surface area contributed by atoms with Gasteiger partial charge in [-0.3, -0.25) is 4.68 Å². The molecule has 0 aliphatic heterocycles. The van der Waals surface area contributed by atoms with Crippen LogP contribution in [0.3, 0.4) is 0 Å². The molecule has 0 N–H and O–H groups in total. The molecule has 0 atom stereocenters. The normalized spacial score (nSPS) is 11.8. The molecular weight excluding hydrogens is 438 g/mol. The summed E-state index contributed by atoms with van der Waals surface area (Å²) in [5, 5.41) is 9.93. The summed E-state index contributed by atoms with van der Waals surface area (Å²) in [7, 11) is 1.89. The summed E-state index contributed by atoms with van der Waals surface area (Å²) in [6.45, 7) is 0. The molecule has 0 saturated heterocycles. The topological polar surface area (TPSA) is 30.7 Å². The van der Waals surface area contributed by atoms with Crippen LogP contribution in [0.15, 0.2) is 34.9 Å². The summed E-state index contributed by atoms with van der Waals surface area (Å²) in [5.41, 5.74) is 2.25. The van der Waals surface area contributed by atoms with Gasteiger partial charge in [0.05, 0.1) is 5.69 Å². The SMILES string of the molecule is Cn1cc(CC(CBr)(CBr)c2cccc(Br)c2)nn1. The van der Waals surface area contributed by atoms with Crippen LogP contribution in [0, 0.1) is 0 Å². The lowest BCUT2D eigenvalue weighted by molar-refractivity contribution is 0.542. The van der Waals surface area contributed by atoms with Crippen molar-refractivity contribution < 1.29 is 0 Å². The highest BCUT2D eigenvalue weighted by atomic mass is 79.9. The number of aryl methyl sites for hydroxylation is 1. The Kier molecular flexibility index (Phi) is 5.20. The molecule has 0 spiro atoms. The van der Waals surface area contributed by atoms with Crippen LogP contribution >= 0.6 is 47.8 Å². The molecular formula is C13H14Br3N3. The lowest BCUT2D eigenvalue weighted by Crippen LogP contribution is -2.33. The third-order valence-electron chi connectivity index (χ3n) is 3.12. The van der Waals surface area contributed by atoms with Gasteiger partial charge in [-0.25, -0.2) is 0 Å². The third-order valence-corrected chi connectivity index (χ3v) is 5.76. The predicted molar refractivity (Wildman–Crippen MR) is 88.1 cm³/mol. The Morgan fingerprint density at radius 2 is 2.00 bits per heavy atom. The average Bonchev–Trinajstić information content (AvgIpc) is 2.81. The van der Waals surface area contributed by atoms with Crippen molar-refractivity contribution in [2.75, 3.05) is 10.7 Å². The second-order valence-corrected chi connectivity index (χ2v) is 6.66. The molecule has 102 valence electrons. The molecule has 6 heteroatoms. The first-order valence-electron chi connectivity index (χ1n) is 5.83. The van der Waals surface area contributed by atoms with Gasteiger partial charge in [0.15, 0.2) is 0 Å². The third kappa shape index (κ3) is 3.47. The van der Waals surface area contributed by atoms with Crippen molar-refractivity contribution in [1.82, 2.24) is 15.0 Å². The minimum atomic E-state index is -0.0280. The summed E-state index contributed by atoms with van der Waals surface area (Å²) >= 11 is 10.9. The average molecular weight is 452 g/mol. The van der Waals surface area contributed by atoms with Gasteiger partial charge in [-0.1, -0.05) is 65.1 Å². The molecule has 2 rings (SSSR count). The quantitative estimate of drug-likeness (QED) is 0.646. The van der Waals surface area contributed by atoms with E-state index in [2.05, 4.69) is 76.3 Å². The maximum absolute atomic E-state index is 4.20. The van der Waals surface area contributed by atoms with Crippen LogP contribution in [-0.2, 0) is 18.9 Å². The van der Waals surface area contributed by atoms with Gasteiger partial charge in [-0.05, 0) is 17.7 Å². The number of halogens is 3. The van der Waals surface area contributed by atoms with Crippen molar-refractivity contribution in [2.45, 2.75) is 11.8 Å². The Labute approximate surface area is 138 Å². The van der Waals surface area contributed by atoms with Crippen molar-refractivity contribution in [3.8, 4) is 0 Å². The van der Waals surface area contributed by atoms with E-state index in [-0.39, 0.29) is 5.41 Å². The van der Waals surface area contributed by atoms with Crippen molar-refractivity contribution in [2.24, 2.45) is 7.05 Å². The second-order valence-electron chi connectivity index (χ2n) is 4.62. The summed E-state index contributed by atoms with van der Waals surface area (Å²) < 4.78 is 2.83. The molecule has 0 fully saturated rings. The Morgan fingerprint density at radius 3 is 2.53 bits per heavy atom. The van der Waals surface area contributed by atoms with Crippen LogP contribution in [0.5, 0.6) is 0 Å². The van der Waals surface area contributed by atoms with Crippen LogP contribution in [-0.4, -0.2) is 25.7 Å². The fourth-order valence-electron chi connectivity index (χ4n) is 2.03. The highest BCUT2D eigenvalue weighted by Gasteiger charge is 2.31. The van der Waals surface area contributed by atoms with Gasteiger partial charge in [0.25, 0.3) is 0 Å². The molecule has 1 aromatic carbocycles. The smallest absolute Gasteiger partial charge is 0.0836 e. The van der Waals surface area contributed by atoms with E-state index >= 15 is 0 Å². The molecule has 1 heterocycles. The van der Waals surface area contributed by atoms with E-state index in [9.17, 15) is 0 Å².